The third-order valence-electron chi connectivity index (χ3n) is 3.20. The van der Waals surface area contributed by atoms with E-state index in [9.17, 15) is 5.26 Å². The quantitative estimate of drug-likeness (QED) is 0.807. The van der Waals surface area contributed by atoms with Crippen molar-refractivity contribution in [2.24, 2.45) is 0 Å². The second kappa shape index (κ2) is 5.97. The molecule has 1 heterocycles. The van der Waals surface area contributed by atoms with Gasteiger partial charge >= 0.3 is 0 Å². The van der Waals surface area contributed by atoms with Crippen molar-refractivity contribution in [3.8, 4) is 6.07 Å². The smallest absolute Gasteiger partial charge is 0.0733 e. The van der Waals surface area contributed by atoms with Gasteiger partial charge in [0.15, 0.2) is 0 Å². The lowest BCUT2D eigenvalue weighted by Gasteiger charge is -2.15. The van der Waals surface area contributed by atoms with E-state index in [2.05, 4.69) is 30.1 Å². The molecule has 0 spiro atoms. The Morgan fingerprint density at radius 3 is 2.44 bits per heavy atom. The molecule has 0 bridgehead atoms. The van der Waals surface area contributed by atoms with Crippen molar-refractivity contribution in [2.75, 3.05) is 0 Å². The first kappa shape index (κ1) is 12.3. The number of nitrogens with zero attached hydrogens (tertiary/aromatic N) is 2. The SMILES string of the molecule is C[C@H](C[C@@H](C#N)c1cccnc1)c1ccccc1. The molecule has 18 heavy (non-hydrogen) atoms. The molecule has 0 N–H and O–H groups in total. The zero-order chi connectivity index (χ0) is 12.8. The number of pyridine rings is 1. The van der Waals surface area contributed by atoms with E-state index >= 15 is 0 Å². The van der Waals surface area contributed by atoms with Gasteiger partial charge in [-0.15, -0.1) is 0 Å². The van der Waals surface area contributed by atoms with Gasteiger partial charge in [0.2, 0.25) is 0 Å². The second-order valence-electron chi connectivity index (χ2n) is 4.52. The lowest BCUT2D eigenvalue weighted by Crippen LogP contribution is -2.02. The average Bonchev–Trinajstić information content (AvgIpc) is 2.46. The van der Waals surface area contributed by atoms with Gasteiger partial charge in [-0.1, -0.05) is 43.3 Å². The predicted molar refractivity (Wildman–Crippen MR) is 72.1 cm³/mol. The van der Waals surface area contributed by atoms with Crippen LogP contribution in [0.2, 0.25) is 0 Å². The Morgan fingerprint density at radius 2 is 1.83 bits per heavy atom. The van der Waals surface area contributed by atoms with Crippen LogP contribution in [-0.2, 0) is 0 Å². The molecule has 2 aromatic rings. The third-order valence-corrected chi connectivity index (χ3v) is 3.20. The number of aromatic nitrogens is 1. The first-order chi connectivity index (χ1) is 8.81. The van der Waals surface area contributed by atoms with Crippen molar-refractivity contribution in [1.29, 1.82) is 5.26 Å². The standard InChI is InChI=1S/C16H16N2/c1-13(14-6-3-2-4-7-14)10-16(11-17)15-8-5-9-18-12-15/h2-9,12-13,16H,10H2,1H3/t13-,16+/m1/s1. The van der Waals surface area contributed by atoms with Crippen molar-refractivity contribution in [3.63, 3.8) is 0 Å². The minimum absolute atomic E-state index is 0.0890. The molecule has 2 rings (SSSR count). The van der Waals surface area contributed by atoms with E-state index in [0.717, 1.165) is 12.0 Å². The molecule has 0 aliphatic heterocycles. The maximum Gasteiger partial charge on any atom is 0.0733 e. The maximum absolute atomic E-state index is 9.30. The molecule has 2 atom stereocenters. The van der Waals surface area contributed by atoms with Crippen molar-refractivity contribution in [3.05, 3.63) is 66.0 Å². The van der Waals surface area contributed by atoms with Gasteiger partial charge in [-0.2, -0.15) is 5.26 Å². The van der Waals surface area contributed by atoms with Gasteiger partial charge in [-0.05, 0) is 29.5 Å². The summed E-state index contributed by atoms with van der Waals surface area (Å²) in [5, 5.41) is 9.30. The summed E-state index contributed by atoms with van der Waals surface area (Å²) in [7, 11) is 0. The third kappa shape index (κ3) is 2.95. The highest BCUT2D eigenvalue weighted by Gasteiger charge is 2.15. The van der Waals surface area contributed by atoms with Crippen LogP contribution >= 0.6 is 0 Å². The summed E-state index contributed by atoms with van der Waals surface area (Å²) in [5.41, 5.74) is 2.28. The molecular formula is C16H16N2. The number of nitriles is 1. The molecule has 0 amide bonds. The van der Waals surface area contributed by atoms with Gasteiger partial charge in [0.25, 0.3) is 0 Å². The Kier molecular flexibility index (Phi) is 4.09. The van der Waals surface area contributed by atoms with Gasteiger partial charge in [0, 0.05) is 12.4 Å². The van der Waals surface area contributed by atoms with Gasteiger partial charge in [0.1, 0.15) is 0 Å². The fraction of sp³-hybridized carbons (Fsp3) is 0.250. The fourth-order valence-corrected chi connectivity index (χ4v) is 2.12. The van der Waals surface area contributed by atoms with Crippen LogP contribution in [0.15, 0.2) is 54.9 Å². The molecule has 0 aliphatic carbocycles. The highest BCUT2D eigenvalue weighted by atomic mass is 14.6. The molecule has 1 aromatic carbocycles. The molecule has 1 aromatic heterocycles. The molecule has 0 unspecified atom stereocenters. The van der Waals surface area contributed by atoms with Crippen LogP contribution < -0.4 is 0 Å². The number of hydrogen-bond donors (Lipinski definition) is 0. The summed E-state index contributed by atoms with van der Waals surface area (Å²) in [6.07, 6.45) is 4.34. The van der Waals surface area contributed by atoms with E-state index in [1.165, 1.54) is 5.56 Å². The molecule has 2 heteroatoms. The van der Waals surface area contributed by atoms with Gasteiger partial charge < -0.3 is 0 Å². The van der Waals surface area contributed by atoms with Gasteiger partial charge in [0.05, 0.1) is 12.0 Å². The van der Waals surface area contributed by atoms with Crippen LogP contribution in [0.1, 0.15) is 36.3 Å². The monoisotopic (exact) mass is 236 g/mol. The first-order valence-corrected chi connectivity index (χ1v) is 6.15. The summed E-state index contributed by atoms with van der Waals surface area (Å²) < 4.78 is 0. The Bertz CT molecular complexity index is 514. The van der Waals surface area contributed by atoms with Crippen molar-refractivity contribution in [2.45, 2.75) is 25.2 Å². The summed E-state index contributed by atoms with van der Waals surface area (Å²) in [6, 6.07) is 16.5. The lowest BCUT2D eigenvalue weighted by molar-refractivity contribution is 0.634. The maximum atomic E-state index is 9.30. The van der Waals surface area contributed by atoms with Crippen molar-refractivity contribution in [1.82, 2.24) is 4.98 Å². The summed E-state index contributed by atoms with van der Waals surface area (Å²) in [4.78, 5) is 4.08. The molecule has 2 nitrogen and oxygen atoms in total. The van der Waals surface area contributed by atoms with E-state index in [-0.39, 0.29) is 5.92 Å². The van der Waals surface area contributed by atoms with Gasteiger partial charge in [-0.25, -0.2) is 0 Å². The van der Waals surface area contributed by atoms with Crippen LogP contribution in [0.25, 0.3) is 0 Å². The Labute approximate surface area is 108 Å². The minimum Gasteiger partial charge on any atom is -0.264 e. The zero-order valence-electron chi connectivity index (χ0n) is 10.5. The highest BCUT2D eigenvalue weighted by Crippen LogP contribution is 2.28. The Morgan fingerprint density at radius 1 is 1.11 bits per heavy atom. The Balaban J connectivity index is 2.11. The van der Waals surface area contributed by atoms with Crippen molar-refractivity contribution >= 4 is 0 Å². The Hall–Kier alpha value is -2.14. The van der Waals surface area contributed by atoms with E-state index in [4.69, 9.17) is 0 Å². The van der Waals surface area contributed by atoms with Crippen LogP contribution in [0.5, 0.6) is 0 Å². The largest absolute Gasteiger partial charge is 0.264 e. The second-order valence-corrected chi connectivity index (χ2v) is 4.52. The van der Waals surface area contributed by atoms with Crippen LogP contribution in [0, 0.1) is 11.3 Å². The molecule has 90 valence electrons. The van der Waals surface area contributed by atoms with Crippen LogP contribution in [0.3, 0.4) is 0 Å². The highest BCUT2D eigenvalue weighted by molar-refractivity contribution is 5.25. The molecule has 0 saturated carbocycles. The zero-order valence-corrected chi connectivity index (χ0v) is 10.5. The van der Waals surface area contributed by atoms with Gasteiger partial charge in [-0.3, -0.25) is 4.98 Å². The van der Waals surface area contributed by atoms with E-state index in [0.29, 0.717) is 5.92 Å². The lowest BCUT2D eigenvalue weighted by atomic mass is 9.87. The summed E-state index contributed by atoms with van der Waals surface area (Å²) in [6.45, 7) is 2.16. The number of hydrogen-bond acceptors (Lipinski definition) is 2. The molecule has 0 aliphatic rings. The normalized spacial score (nSPS) is 13.6. The fourth-order valence-electron chi connectivity index (χ4n) is 2.12. The number of benzene rings is 1. The predicted octanol–water partition coefficient (Wildman–Crippen LogP) is 3.88. The molecule has 0 fully saturated rings. The van der Waals surface area contributed by atoms with E-state index in [1.807, 2.05) is 30.3 Å². The average molecular weight is 236 g/mol. The molecule has 0 radical (unpaired) electrons. The minimum atomic E-state index is -0.0890. The van der Waals surface area contributed by atoms with Crippen molar-refractivity contribution < 1.29 is 0 Å². The summed E-state index contributed by atoms with van der Waals surface area (Å²) in [5.74, 6) is 0.282. The molecular weight excluding hydrogens is 220 g/mol. The first-order valence-electron chi connectivity index (χ1n) is 6.15. The van der Waals surface area contributed by atoms with Crippen LogP contribution in [0.4, 0.5) is 0 Å². The summed E-state index contributed by atoms with van der Waals surface area (Å²) >= 11 is 0. The van der Waals surface area contributed by atoms with E-state index < -0.39 is 0 Å². The topological polar surface area (TPSA) is 36.7 Å². The number of rotatable bonds is 4. The van der Waals surface area contributed by atoms with E-state index in [1.54, 1.807) is 12.4 Å². The van der Waals surface area contributed by atoms with Crippen LogP contribution in [-0.4, -0.2) is 4.98 Å². The molecule has 0 saturated heterocycles.